The van der Waals surface area contributed by atoms with Gasteiger partial charge in [-0.3, -0.25) is 4.79 Å². The fourth-order valence-electron chi connectivity index (χ4n) is 1.45. The van der Waals surface area contributed by atoms with E-state index in [9.17, 15) is 9.59 Å². The van der Waals surface area contributed by atoms with Crippen molar-refractivity contribution in [1.29, 1.82) is 0 Å². The van der Waals surface area contributed by atoms with E-state index in [1.807, 2.05) is 0 Å². The van der Waals surface area contributed by atoms with Crippen molar-refractivity contribution in [2.24, 2.45) is 5.92 Å². The Balaban J connectivity index is 0.00000196. The number of esters is 1. The Hall–Kier alpha value is -0.810. The summed E-state index contributed by atoms with van der Waals surface area (Å²) in [6.07, 6.45) is 0.833. The van der Waals surface area contributed by atoms with E-state index >= 15 is 0 Å². The van der Waals surface area contributed by atoms with Crippen molar-refractivity contribution in [3.05, 3.63) is 0 Å². The van der Waals surface area contributed by atoms with Gasteiger partial charge in [0.05, 0.1) is 13.0 Å². The van der Waals surface area contributed by atoms with Gasteiger partial charge in [0, 0.05) is 6.54 Å². The van der Waals surface area contributed by atoms with E-state index in [4.69, 9.17) is 0 Å². The van der Waals surface area contributed by atoms with Crippen molar-refractivity contribution in [1.82, 2.24) is 10.6 Å². The van der Waals surface area contributed by atoms with E-state index in [0.29, 0.717) is 6.54 Å². The van der Waals surface area contributed by atoms with Crippen LogP contribution in [0, 0.1) is 5.92 Å². The molecule has 1 unspecified atom stereocenters. The number of amides is 1. The normalized spacial score (nSPS) is 21.3. The summed E-state index contributed by atoms with van der Waals surface area (Å²) < 4.78 is 4.51. The van der Waals surface area contributed by atoms with Gasteiger partial charge in [0.15, 0.2) is 0 Å². The zero-order valence-electron chi connectivity index (χ0n) is 8.91. The fraction of sp³-hybridized carbons (Fsp3) is 0.778. The first-order valence-corrected chi connectivity index (χ1v) is 4.74. The average molecular weight is 237 g/mol. The maximum Gasteiger partial charge on any atom is 0.328 e. The van der Waals surface area contributed by atoms with Crippen LogP contribution >= 0.6 is 12.4 Å². The SMILES string of the molecule is COC(=O)[C@@H](C)NC(=O)C1CCNC1.Cl. The number of halogens is 1. The van der Waals surface area contributed by atoms with Gasteiger partial charge < -0.3 is 15.4 Å². The van der Waals surface area contributed by atoms with Crippen molar-refractivity contribution >= 4 is 24.3 Å². The predicted octanol–water partition coefficient (Wildman–Crippen LogP) is -0.305. The maximum atomic E-state index is 11.5. The molecule has 1 amide bonds. The average Bonchev–Trinajstić information content (AvgIpc) is 2.69. The number of nitrogens with one attached hydrogen (secondary N) is 2. The molecule has 0 spiro atoms. The van der Waals surface area contributed by atoms with Crippen LogP contribution in [0.3, 0.4) is 0 Å². The van der Waals surface area contributed by atoms with Gasteiger partial charge in [-0.05, 0) is 19.9 Å². The second-order valence-electron chi connectivity index (χ2n) is 3.44. The van der Waals surface area contributed by atoms with Crippen LogP contribution in [-0.4, -0.2) is 38.1 Å². The number of carbonyl (C=O) groups is 2. The zero-order chi connectivity index (χ0) is 10.6. The third-order valence-corrected chi connectivity index (χ3v) is 2.34. The molecule has 1 heterocycles. The topological polar surface area (TPSA) is 67.4 Å². The van der Waals surface area contributed by atoms with E-state index in [1.54, 1.807) is 6.92 Å². The van der Waals surface area contributed by atoms with Crippen LogP contribution in [0.2, 0.25) is 0 Å². The summed E-state index contributed by atoms with van der Waals surface area (Å²) in [6, 6.07) is -0.562. The number of methoxy groups -OCH3 is 1. The van der Waals surface area contributed by atoms with Crippen molar-refractivity contribution in [3.63, 3.8) is 0 Å². The summed E-state index contributed by atoms with van der Waals surface area (Å²) in [5, 5.41) is 5.71. The number of hydrogen-bond donors (Lipinski definition) is 2. The van der Waals surface area contributed by atoms with E-state index in [1.165, 1.54) is 7.11 Å². The van der Waals surface area contributed by atoms with Crippen LogP contribution in [0.4, 0.5) is 0 Å². The van der Waals surface area contributed by atoms with E-state index in [2.05, 4.69) is 15.4 Å². The Labute approximate surface area is 95.3 Å². The van der Waals surface area contributed by atoms with Gasteiger partial charge >= 0.3 is 5.97 Å². The van der Waals surface area contributed by atoms with Crippen LogP contribution < -0.4 is 10.6 Å². The Kier molecular flexibility index (Phi) is 6.27. The molecule has 15 heavy (non-hydrogen) atoms. The molecule has 0 aromatic carbocycles. The highest BCUT2D eigenvalue weighted by Crippen LogP contribution is 2.07. The molecule has 0 saturated carbocycles. The largest absolute Gasteiger partial charge is 0.467 e. The number of ether oxygens (including phenoxy) is 1. The minimum atomic E-state index is -0.562. The lowest BCUT2D eigenvalue weighted by Crippen LogP contribution is -2.42. The van der Waals surface area contributed by atoms with Gasteiger partial charge in [-0.15, -0.1) is 12.4 Å². The molecule has 88 valence electrons. The summed E-state index contributed by atoms with van der Waals surface area (Å²) in [6.45, 7) is 3.18. The summed E-state index contributed by atoms with van der Waals surface area (Å²) in [7, 11) is 1.31. The first-order chi connectivity index (χ1) is 6.65. The molecule has 0 radical (unpaired) electrons. The minimum absolute atomic E-state index is 0. The molecule has 0 aromatic rings. The Bertz CT molecular complexity index is 229. The molecule has 1 rings (SSSR count). The number of rotatable bonds is 3. The summed E-state index contributed by atoms with van der Waals surface area (Å²) in [4.78, 5) is 22.5. The van der Waals surface area contributed by atoms with Gasteiger partial charge in [-0.25, -0.2) is 4.79 Å². The first-order valence-electron chi connectivity index (χ1n) is 4.74. The molecule has 1 aliphatic heterocycles. The Morgan fingerprint density at radius 1 is 1.53 bits per heavy atom. The molecule has 0 bridgehead atoms. The minimum Gasteiger partial charge on any atom is -0.467 e. The summed E-state index contributed by atoms with van der Waals surface area (Å²) >= 11 is 0. The molecule has 0 aromatic heterocycles. The first kappa shape index (κ1) is 14.2. The smallest absolute Gasteiger partial charge is 0.328 e. The van der Waals surface area contributed by atoms with Crippen LogP contribution in [0.1, 0.15) is 13.3 Å². The van der Waals surface area contributed by atoms with Crippen LogP contribution in [0.5, 0.6) is 0 Å². The molecule has 1 fully saturated rings. The monoisotopic (exact) mass is 236 g/mol. The van der Waals surface area contributed by atoms with Crippen LogP contribution in [0.15, 0.2) is 0 Å². The van der Waals surface area contributed by atoms with Gasteiger partial charge in [0.2, 0.25) is 5.91 Å². The van der Waals surface area contributed by atoms with Crippen LogP contribution in [-0.2, 0) is 14.3 Å². The summed E-state index contributed by atoms with van der Waals surface area (Å²) in [5.74, 6) is -0.501. The highest BCUT2D eigenvalue weighted by molar-refractivity contribution is 5.86. The maximum absolute atomic E-state index is 11.5. The van der Waals surface area contributed by atoms with Crippen molar-refractivity contribution in [3.8, 4) is 0 Å². The fourth-order valence-corrected chi connectivity index (χ4v) is 1.45. The summed E-state index contributed by atoms with van der Waals surface area (Å²) in [5.41, 5.74) is 0. The standard InChI is InChI=1S/C9H16N2O3.ClH/c1-6(9(13)14-2)11-8(12)7-3-4-10-5-7;/h6-7,10H,3-5H2,1-2H3,(H,11,12);1H/t6-,7?;/m1./s1. The third kappa shape index (κ3) is 4.05. The second-order valence-corrected chi connectivity index (χ2v) is 3.44. The molecule has 1 saturated heterocycles. The number of carbonyl (C=O) groups excluding carboxylic acids is 2. The lowest BCUT2D eigenvalue weighted by Gasteiger charge is -2.14. The third-order valence-electron chi connectivity index (χ3n) is 2.34. The zero-order valence-corrected chi connectivity index (χ0v) is 9.73. The van der Waals surface area contributed by atoms with E-state index in [-0.39, 0.29) is 24.2 Å². The van der Waals surface area contributed by atoms with Gasteiger partial charge in [0.1, 0.15) is 6.04 Å². The predicted molar refractivity (Wildman–Crippen MR) is 57.8 cm³/mol. The number of hydrogen-bond acceptors (Lipinski definition) is 4. The molecule has 1 aliphatic rings. The van der Waals surface area contributed by atoms with Gasteiger partial charge in [-0.1, -0.05) is 0 Å². The van der Waals surface area contributed by atoms with Gasteiger partial charge in [-0.2, -0.15) is 0 Å². The lowest BCUT2D eigenvalue weighted by molar-refractivity contribution is -0.144. The van der Waals surface area contributed by atoms with E-state index in [0.717, 1.165) is 13.0 Å². The molecule has 2 N–H and O–H groups in total. The van der Waals surface area contributed by atoms with E-state index < -0.39 is 12.0 Å². The quantitative estimate of drug-likeness (QED) is 0.660. The Morgan fingerprint density at radius 3 is 2.67 bits per heavy atom. The molecule has 0 aliphatic carbocycles. The molecular formula is C9H17ClN2O3. The second kappa shape index (κ2) is 6.63. The molecule has 6 heteroatoms. The van der Waals surface area contributed by atoms with Crippen LogP contribution in [0.25, 0.3) is 0 Å². The molecule has 5 nitrogen and oxygen atoms in total. The van der Waals surface area contributed by atoms with Crippen molar-refractivity contribution in [2.75, 3.05) is 20.2 Å². The molecular weight excluding hydrogens is 220 g/mol. The van der Waals surface area contributed by atoms with Crippen molar-refractivity contribution < 1.29 is 14.3 Å². The lowest BCUT2D eigenvalue weighted by atomic mass is 10.1. The Morgan fingerprint density at radius 2 is 2.20 bits per heavy atom. The van der Waals surface area contributed by atoms with Crippen molar-refractivity contribution in [2.45, 2.75) is 19.4 Å². The van der Waals surface area contributed by atoms with Gasteiger partial charge in [0.25, 0.3) is 0 Å². The molecule has 2 atom stereocenters. The highest BCUT2D eigenvalue weighted by Gasteiger charge is 2.25. The highest BCUT2D eigenvalue weighted by atomic mass is 35.5.